The summed E-state index contributed by atoms with van der Waals surface area (Å²) in [6.45, 7) is 9.06. The SMILES string of the molecule is CC=NCC1CCN(CC)CC1. The normalized spacial score (nSPS) is 22.2. The summed E-state index contributed by atoms with van der Waals surface area (Å²) in [7, 11) is 0. The molecule has 0 aromatic rings. The van der Waals surface area contributed by atoms with Gasteiger partial charge in [-0.2, -0.15) is 0 Å². The number of nitrogens with zero attached hydrogens (tertiary/aromatic N) is 2. The second kappa shape index (κ2) is 5.31. The topological polar surface area (TPSA) is 15.6 Å². The number of piperidine rings is 1. The van der Waals surface area contributed by atoms with E-state index in [4.69, 9.17) is 0 Å². The monoisotopic (exact) mass is 168 g/mol. The van der Waals surface area contributed by atoms with Crippen molar-refractivity contribution < 1.29 is 0 Å². The zero-order chi connectivity index (χ0) is 8.81. The average Bonchev–Trinajstić information content (AvgIpc) is 2.15. The first-order chi connectivity index (χ1) is 5.86. The maximum atomic E-state index is 4.30. The molecule has 2 nitrogen and oxygen atoms in total. The molecule has 0 aromatic carbocycles. The quantitative estimate of drug-likeness (QED) is 0.587. The molecule has 0 atom stereocenters. The van der Waals surface area contributed by atoms with Crippen LogP contribution in [0, 0.1) is 5.92 Å². The van der Waals surface area contributed by atoms with Crippen LogP contribution in [0.4, 0.5) is 0 Å². The summed E-state index contributed by atoms with van der Waals surface area (Å²) in [6.07, 6.45) is 4.60. The Balaban J connectivity index is 2.17. The molecular weight excluding hydrogens is 148 g/mol. The first-order valence-corrected chi connectivity index (χ1v) is 5.03. The summed E-state index contributed by atoms with van der Waals surface area (Å²) in [6, 6.07) is 0. The summed E-state index contributed by atoms with van der Waals surface area (Å²) < 4.78 is 0. The lowest BCUT2D eigenvalue weighted by atomic mass is 9.97. The van der Waals surface area contributed by atoms with Crippen molar-refractivity contribution >= 4 is 6.21 Å². The molecule has 0 saturated carbocycles. The Morgan fingerprint density at radius 1 is 1.42 bits per heavy atom. The standard InChI is InChI=1S/C10H20N2/c1-3-11-9-10-5-7-12(4-2)8-6-10/h3,10H,4-9H2,1-2H3. The molecule has 1 fully saturated rings. The lowest BCUT2D eigenvalue weighted by Gasteiger charge is -2.30. The van der Waals surface area contributed by atoms with Crippen molar-refractivity contribution in [2.45, 2.75) is 26.7 Å². The van der Waals surface area contributed by atoms with Crippen LogP contribution in [0.15, 0.2) is 4.99 Å². The van der Waals surface area contributed by atoms with Gasteiger partial charge >= 0.3 is 0 Å². The minimum atomic E-state index is 0.851. The fourth-order valence-corrected chi connectivity index (χ4v) is 1.74. The number of rotatable bonds is 3. The third-order valence-electron chi connectivity index (χ3n) is 2.70. The Kier molecular flexibility index (Phi) is 4.30. The minimum absolute atomic E-state index is 0.851. The predicted octanol–water partition coefficient (Wildman–Crippen LogP) is 1.81. The summed E-state index contributed by atoms with van der Waals surface area (Å²) in [5.41, 5.74) is 0. The molecule has 1 aliphatic rings. The maximum Gasteiger partial charge on any atom is 0.0414 e. The van der Waals surface area contributed by atoms with Gasteiger partial charge < -0.3 is 4.90 Å². The predicted molar refractivity (Wildman–Crippen MR) is 53.9 cm³/mol. The fourth-order valence-electron chi connectivity index (χ4n) is 1.74. The number of hydrogen-bond donors (Lipinski definition) is 0. The van der Waals surface area contributed by atoms with Crippen LogP contribution in [-0.2, 0) is 0 Å². The van der Waals surface area contributed by atoms with Crippen LogP contribution in [0.5, 0.6) is 0 Å². The van der Waals surface area contributed by atoms with Gasteiger partial charge in [0.05, 0.1) is 0 Å². The first kappa shape index (κ1) is 9.72. The van der Waals surface area contributed by atoms with Gasteiger partial charge in [0.15, 0.2) is 0 Å². The van der Waals surface area contributed by atoms with Crippen molar-refractivity contribution in [3.8, 4) is 0 Å². The van der Waals surface area contributed by atoms with Crippen molar-refractivity contribution in [1.29, 1.82) is 0 Å². The van der Waals surface area contributed by atoms with Gasteiger partial charge in [0, 0.05) is 6.54 Å². The Labute approximate surface area is 75.7 Å². The number of aliphatic imine (C=N–C) groups is 1. The molecule has 0 N–H and O–H groups in total. The molecule has 70 valence electrons. The molecule has 1 aliphatic heterocycles. The third kappa shape index (κ3) is 2.94. The molecule has 0 amide bonds. The lowest BCUT2D eigenvalue weighted by molar-refractivity contribution is 0.196. The van der Waals surface area contributed by atoms with Crippen LogP contribution in [0.25, 0.3) is 0 Å². The van der Waals surface area contributed by atoms with E-state index < -0.39 is 0 Å². The van der Waals surface area contributed by atoms with E-state index >= 15 is 0 Å². The van der Waals surface area contributed by atoms with Crippen molar-refractivity contribution in [3.63, 3.8) is 0 Å². The van der Waals surface area contributed by atoms with Crippen LogP contribution in [0.1, 0.15) is 26.7 Å². The number of hydrogen-bond acceptors (Lipinski definition) is 2. The van der Waals surface area contributed by atoms with E-state index in [0.29, 0.717) is 0 Å². The lowest BCUT2D eigenvalue weighted by Crippen LogP contribution is -2.34. The summed E-state index contributed by atoms with van der Waals surface area (Å²) in [4.78, 5) is 6.82. The van der Waals surface area contributed by atoms with Crippen LogP contribution in [0.2, 0.25) is 0 Å². The van der Waals surface area contributed by atoms with Crippen molar-refractivity contribution in [3.05, 3.63) is 0 Å². The maximum absolute atomic E-state index is 4.30. The van der Waals surface area contributed by atoms with Crippen LogP contribution >= 0.6 is 0 Å². The van der Waals surface area contributed by atoms with Gasteiger partial charge in [-0.25, -0.2) is 0 Å². The molecule has 0 radical (unpaired) electrons. The van der Waals surface area contributed by atoms with E-state index in [1.807, 2.05) is 13.1 Å². The van der Waals surface area contributed by atoms with E-state index in [1.165, 1.54) is 32.5 Å². The third-order valence-corrected chi connectivity index (χ3v) is 2.70. The minimum Gasteiger partial charge on any atom is -0.304 e. The molecule has 0 aromatic heterocycles. The van der Waals surface area contributed by atoms with Crippen molar-refractivity contribution in [2.75, 3.05) is 26.2 Å². The Morgan fingerprint density at radius 2 is 2.08 bits per heavy atom. The average molecular weight is 168 g/mol. The molecule has 12 heavy (non-hydrogen) atoms. The highest BCUT2D eigenvalue weighted by Crippen LogP contribution is 2.16. The Morgan fingerprint density at radius 3 is 2.58 bits per heavy atom. The smallest absolute Gasteiger partial charge is 0.0414 e. The van der Waals surface area contributed by atoms with Crippen LogP contribution in [-0.4, -0.2) is 37.3 Å². The second-order valence-corrected chi connectivity index (χ2v) is 3.50. The molecule has 1 rings (SSSR count). The van der Waals surface area contributed by atoms with Gasteiger partial charge in [-0.3, -0.25) is 4.99 Å². The summed E-state index contributed by atoms with van der Waals surface area (Å²) in [5, 5.41) is 0. The highest BCUT2D eigenvalue weighted by atomic mass is 15.1. The zero-order valence-electron chi connectivity index (χ0n) is 8.29. The summed E-state index contributed by atoms with van der Waals surface area (Å²) >= 11 is 0. The van der Waals surface area contributed by atoms with Gasteiger partial charge in [-0.1, -0.05) is 6.92 Å². The van der Waals surface area contributed by atoms with Gasteiger partial charge in [0.1, 0.15) is 0 Å². The second-order valence-electron chi connectivity index (χ2n) is 3.50. The molecule has 0 bridgehead atoms. The van der Waals surface area contributed by atoms with Crippen LogP contribution < -0.4 is 0 Å². The Hall–Kier alpha value is -0.370. The molecule has 0 aliphatic carbocycles. The van der Waals surface area contributed by atoms with Crippen LogP contribution in [0.3, 0.4) is 0 Å². The molecule has 1 saturated heterocycles. The van der Waals surface area contributed by atoms with Gasteiger partial charge in [-0.05, 0) is 51.5 Å². The largest absolute Gasteiger partial charge is 0.304 e. The Bertz CT molecular complexity index is 135. The van der Waals surface area contributed by atoms with Crippen molar-refractivity contribution in [2.24, 2.45) is 10.9 Å². The zero-order valence-corrected chi connectivity index (χ0v) is 8.29. The van der Waals surface area contributed by atoms with Gasteiger partial charge in [0.25, 0.3) is 0 Å². The van der Waals surface area contributed by atoms with E-state index in [-0.39, 0.29) is 0 Å². The highest BCUT2D eigenvalue weighted by molar-refractivity contribution is 5.53. The van der Waals surface area contributed by atoms with E-state index in [1.54, 1.807) is 0 Å². The fraction of sp³-hybridized carbons (Fsp3) is 0.900. The van der Waals surface area contributed by atoms with Gasteiger partial charge in [-0.15, -0.1) is 0 Å². The molecular formula is C10H20N2. The van der Waals surface area contributed by atoms with E-state index in [9.17, 15) is 0 Å². The first-order valence-electron chi connectivity index (χ1n) is 5.03. The molecule has 2 heteroatoms. The van der Waals surface area contributed by atoms with E-state index in [0.717, 1.165) is 12.5 Å². The highest BCUT2D eigenvalue weighted by Gasteiger charge is 2.16. The molecule has 0 spiro atoms. The summed E-state index contributed by atoms with van der Waals surface area (Å²) in [5.74, 6) is 0.851. The van der Waals surface area contributed by atoms with Crippen molar-refractivity contribution in [1.82, 2.24) is 4.90 Å². The molecule has 1 heterocycles. The number of likely N-dealkylation sites (tertiary alicyclic amines) is 1. The molecule has 0 unspecified atom stereocenters. The van der Waals surface area contributed by atoms with E-state index in [2.05, 4.69) is 16.8 Å². The van der Waals surface area contributed by atoms with Gasteiger partial charge in [0.2, 0.25) is 0 Å².